The van der Waals surface area contributed by atoms with Crippen molar-refractivity contribution in [2.75, 3.05) is 5.32 Å². The number of aromatic nitrogens is 2. The molecule has 0 unspecified atom stereocenters. The van der Waals surface area contributed by atoms with Gasteiger partial charge in [0.25, 0.3) is 5.91 Å². The maximum atomic E-state index is 12.5. The van der Waals surface area contributed by atoms with Crippen molar-refractivity contribution in [2.24, 2.45) is 0 Å². The lowest BCUT2D eigenvalue weighted by Crippen LogP contribution is -2.12. The third-order valence-corrected chi connectivity index (χ3v) is 7.24. The molecule has 0 spiro atoms. The number of H-pyrrole nitrogens is 1. The molecule has 0 aliphatic carbocycles. The fourth-order valence-corrected chi connectivity index (χ4v) is 5.17. The van der Waals surface area contributed by atoms with E-state index in [1.54, 1.807) is 72.0 Å². The zero-order chi connectivity index (χ0) is 21.1. The lowest BCUT2D eigenvalue weighted by atomic mass is 10.1. The van der Waals surface area contributed by atoms with E-state index in [-0.39, 0.29) is 16.6 Å². The average molecular weight is 438 g/mol. The minimum Gasteiger partial charge on any atom is -0.305 e. The molecule has 2 N–H and O–H groups in total. The van der Waals surface area contributed by atoms with Gasteiger partial charge in [0.05, 0.1) is 21.2 Å². The van der Waals surface area contributed by atoms with E-state index in [1.807, 2.05) is 19.1 Å². The monoisotopic (exact) mass is 437 g/mol. The van der Waals surface area contributed by atoms with Gasteiger partial charge in [-0.3, -0.25) is 9.89 Å². The third kappa shape index (κ3) is 4.50. The molecule has 6 nitrogen and oxygen atoms in total. The van der Waals surface area contributed by atoms with Crippen LogP contribution in [0.1, 0.15) is 20.8 Å². The largest absolute Gasteiger partial charge is 0.305 e. The highest BCUT2D eigenvalue weighted by Crippen LogP contribution is 2.27. The van der Waals surface area contributed by atoms with Gasteiger partial charge in [-0.15, -0.1) is 11.3 Å². The first kappa shape index (κ1) is 20.1. The van der Waals surface area contributed by atoms with Gasteiger partial charge in [-0.2, -0.15) is 5.10 Å². The number of aromatic amines is 1. The summed E-state index contributed by atoms with van der Waals surface area (Å²) in [6.45, 7) is 2.03. The summed E-state index contributed by atoms with van der Waals surface area (Å²) in [5, 5.41) is 9.81. The Kier molecular flexibility index (Phi) is 5.52. The molecule has 0 aliphatic heterocycles. The molecule has 2 aromatic carbocycles. The predicted octanol–water partition coefficient (Wildman–Crippen LogP) is 4.67. The Morgan fingerprint density at radius 3 is 2.43 bits per heavy atom. The van der Waals surface area contributed by atoms with E-state index in [4.69, 9.17) is 0 Å². The van der Waals surface area contributed by atoms with Gasteiger partial charge < -0.3 is 5.32 Å². The van der Waals surface area contributed by atoms with Gasteiger partial charge in [0.15, 0.2) is 15.7 Å². The van der Waals surface area contributed by atoms with E-state index in [9.17, 15) is 13.2 Å². The Morgan fingerprint density at radius 1 is 1.03 bits per heavy atom. The Bertz CT molecular complexity index is 1270. The Labute approximate surface area is 178 Å². The van der Waals surface area contributed by atoms with Crippen LogP contribution in [0.5, 0.6) is 0 Å². The predicted molar refractivity (Wildman–Crippen MR) is 118 cm³/mol. The van der Waals surface area contributed by atoms with Crippen LogP contribution in [0.15, 0.2) is 77.7 Å². The summed E-state index contributed by atoms with van der Waals surface area (Å²) in [5.74, 6) is -0.00772. The van der Waals surface area contributed by atoms with E-state index in [1.165, 1.54) is 4.88 Å². The second-order valence-electron chi connectivity index (χ2n) is 6.80. The molecule has 0 saturated heterocycles. The van der Waals surface area contributed by atoms with Crippen molar-refractivity contribution >= 4 is 32.9 Å². The van der Waals surface area contributed by atoms with Crippen LogP contribution < -0.4 is 5.32 Å². The van der Waals surface area contributed by atoms with Crippen LogP contribution in [0.3, 0.4) is 0 Å². The van der Waals surface area contributed by atoms with Crippen molar-refractivity contribution in [3.63, 3.8) is 0 Å². The molecule has 0 atom stereocenters. The van der Waals surface area contributed by atoms with Gasteiger partial charge in [-0.1, -0.05) is 30.3 Å². The summed E-state index contributed by atoms with van der Waals surface area (Å²) >= 11 is 1.64. The number of nitrogens with zero attached hydrogens (tertiary/aromatic N) is 1. The minimum atomic E-state index is -3.43. The van der Waals surface area contributed by atoms with E-state index < -0.39 is 9.84 Å². The molecule has 2 heterocycles. The van der Waals surface area contributed by atoms with Gasteiger partial charge in [0, 0.05) is 16.5 Å². The van der Waals surface area contributed by atoms with Gasteiger partial charge in [0.2, 0.25) is 0 Å². The van der Waals surface area contributed by atoms with Gasteiger partial charge >= 0.3 is 0 Å². The smallest absolute Gasteiger partial charge is 0.256 e. The number of rotatable bonds is 6. The van der Waals surface area contributed by atoms with Crippen LogP contribution in [0, 0.1) is 6.92 Å². The minimum absolute atomic E-state index is 0.123. The fourth-order valence-electron chi connectivity index (χ4n) is 2.96. The molecular formula is C22H19N3O3S2. The molecule has 0 saturated carbocycles. The first-order valence-electron chi connectivity index (χ1n) is 9.21. The highest BCUT2D eigenvalue weighted by molar-refractivity contribution is 7.90. The zero-order valence-electron chi connectivity index (χ0n) is 16.1. The number of hydrogen-bond acceptors (Lipinski definition) is 5. The summed E-state index contributed by atoms with van der Waals surface area (Å²) in [6, 6.07) is 20.7. The number of carbonyl (C=O) groups excluding carboxylic acids is 1. The standard InChI is InChI=1S/C22H19N3O3S2/c1-15-7-12-20(29-15)19-13-21(25-24-19)23-22(26)17-10-8-16(9-11-17)14-30(27,28)18-5-3-2-4-6-18/h2-13H,14H2,1H3,(H2,23,24,25,26). The van der Waals surface area contributed by atoms with Crippen molar-refractivity contribution < 1.29 is 13.2 Å². The molecule has 2 aromatic heterocycles. The van der Waals surface area contributed by atoms with Gasteiger partial charge in [0.1, 0.15) is 0 Å². The van der Waals surface area contributed by atoms with Crippen molar-refractivity contribution in [3.8, 4) is 10.6 Å². The molecule has 4 rings (SSSR count). The highest BCUT2D eigenvalue weighted by Gasteiger charge is 2.16. The van der Waals surface area contributed by atoms with Crippen LogP contribution in [0.25, 0.3) is 10.6 Å². The lowest BCUT2D eigenvalue weighted by molar-refractivity contribution is 0.102. The number of hydrogen-bond donors (Lipinski definition) is 2. The summed E-state index contributed by atoms with van der Waals surface area (Å²) in [4.78, 5) is 15.0. The van der Waals surface area contributed by atoms with Crippen LogP contribution >= 0.6 is 11.3 Å². The topological polar surface area (TPSA) is 91.9 Å². The van der Waals surface area contributed by atoms with Crippen LogP contribution in [-0.2, 0) is 15.6 Å². The van der Waals surface area contributed by atoms with Crippen LogP contribution in [0.4, 0.5) is 5.82 Å². The zero-order valence-corrected chi connectivity index (χ0v) is 17.8. The summed E-state index contributed by atoms with van der Waals surface area (Å²) < 4.78 is 25.0. The fraction of sp³-hybridized carbons (Fsp3) is 0.0909. The number of carbonyl (C=O) groups is 1. The number of sulfone groups is 1. The van der Waals surface area contributed by atoms with Crippen LogP contribution in [-0.4, -0.2) is 24.5 Å². The summed E-state index contributed by atoms with van der Waals surface area (Å²) in [5.41, 5.74) is 1.88. The first-order chi connectivity index (χ1) is 14.4. The quantitative estimate of drug-likeness (QED) is 0.458. The number of anilines is 1. The van der Waals surface area contributed by atoms with E-state index in [0.717, 1.165) is 10.6 Å². The number of amides is 1. The summed E-state index contributed by atoms with van der Waals surface area (Å²) in [6.07, 6.45) is 0. The SMILES string of the molecule is Cc1ccc(-c2cc(NC(=O)c3ccc(CS(=O)(=O)c4ccccc4)cc3)n[nH]2)s1. The van der Waals surface area contributed by atoms with Crippen molar-refractivity contribution in [2.45, 2.75) is 17.6 Å². The summed E-state index contributed by atoms with van der Waals surface area (Å²) in [7, 11) is -3.43. The van der Waals surface area contributed by atoms with E-state index in [0.29, 0.717) is 16.9 Å². The van der Waals surface area contributed by atoms with Crippen molar-refractivity contribution in [3.05, 3.63) is 88.8 Å². The molecular weight excluding hydrogens is 418 g/mol. The molecule has 4 aromatic rings. The highest BCUT2D eigenvalue weighted by atomic mass is 32.2. The average Bonchev–Trinajstić information content (AvgIpc) is 3.38. The van der Waals surface area contributed by atoms with Gasteiger partial charge in [-0.25, -0.2) is 8.42 Å². The second kappa shape index (κ2) is 8.25. The Balaban J connectivity index is 1.43. The molecule has 152 valence electrons. The number of aryl methyl sites for hydroxylation is 1. The molecule has 0 bridgehead atoms. The van der Waals surface area contributed by atoms with Gasteiger partial charge in [-0.05, 0) is 48.9 Å². The second-order valence-corrected chi connectivity index (χ2v) is 10.1. The Hall–Kier alpha value is -3.23. The number of benzene rings is 2. The first-order valence-corrected chi connectivity index (χ1v) is 11.7. The van der Waals surface area contributed by atoms with E-state index >= 15 is 0 Å². The Morgan fingerprint density at radius 2 is 1.77 bits per heavy atom. The van der Waals surface area contributed by atoms with Crippen LogP contribution in [0.2, 0.25) is 0 Å². The third-order valence-electron chi connectivity index (χ3n) is 4.50. The molecule has 8 heteroatoms. The van der Waals surface area contributed by atoms with Crippen molar-refractivity contribution in [1.82, 2.24) is 10.2 Å². The normalized spacial score (nSPS) is 11.4. The maximum Gasteiger partial charge on any atom is 0.256 e. The number of nitrogens with one attached hydrogen (secondary N) is 2. The van der Waals surface area contributed by atoms with Crippen molar-refractivity contribution in [1.29, 1.82) is 0 Å². The molecule has 1 amide bonds. The maximum absolute atomic E-state index is 12.5. The molecule has 0 aliphatic rings. The molecule has 0 radical (unpaired) electrons. The molecule has 0 fully saturated rings. The number of thiophene rings is 1. The lowest BCUT2D eigenvalue weighted by Gasteiger charge is -2.06. The molecule has 30 heavy (non-hydrogen) atoms. The van der Waals surface area contributed by atoms with E-state index in [2.05, 4.69) is 15.5 Å².